The van der Waals surface area contributed by atoms with Crippen molar-refractivity contribution >= 4 is 35.1 Å². The van der Waals surface area contributed by atoms with E-state index >= 15 is 0 Å². The first-order valence-corrected chi connectivity index (χ1v) is 12.3. The summed E-state index contributed by atoms with van der Waals surface area (Å²) in [5.41, 5.74) is 2.84. The molecule has 1 fully saturated rings. The Balaban J connectivity index is 1.28. The summed E-state index contributed by atoms with van der Waals surface area (Å²) >= 11 is 12.1. The van der Waals surface area contributed by atoms with Gasteiger partial charge in [0.1, 0.15) is 11.5 Å². The van der Waals surface area contributed by atoms with Crippen molar-refractivity contribution in [2.75, 3.05) is 13.1 Å². The van der Waals surface area contributed by atoms with Gasteiger partial charge < -0.3 is 14.4 Å². The van der Waals surface area contributed by atoms with Gasteiger partial charge in [-0.25, -0.2) is 0 Å². The predicted molar refractivity (Wildman–Crippen MR) is 134 cm³/mol. The summed E-state index contributed by atoms with van der Waals surface area (Å²) in [6.45, 7) is 2.72. The molecule has 1 N–H and O–H groups in total. The van der Waals surface area contributed by atoms with E-state index in [0.717, 1.165) is 25.2 Å². The van der Waals surface area contributed by atoms with Crippen LogP contribution in [0.5, 0.6) is 11.5 Å². The molecule has 2 aromatic carbocycles. The van der Waals surface area contributed by atoms with Gasteiger partial charge in [-0.3, -0.25) is 14.5 Å². The lowest BCUT2D eigenvalue weighted by molar-refractivity contribution is 0.101. The monoisotopic (exact) mass is 508 g/mol. The Bertz CT molecular complexity index is 1460. The van der Waals surface area contributed by atoms with Crippen LogP contribution in [-0.4, -0.2) is 33.4 Å². The number of phenolic OH excluding ortho intramolecular Hbond substituents is 1. The highest BCUT2D eigenvalue weighted by molar-refractivity contribution is 6.42. The Labute approximate surface area is 212 Å². The summed E-state index contributed by atoms with van der Waals surface area (Å²) < 4.78 is 7.91. The van der Waals surface area contributed by atoms with E-state index in [-0.39, 0.29) is 28.8 Å². The fourth-order valence-electron chi connectivity index (χ4n) is 5.55. The van der Waals surface area contributed by atoms with Crippen molar-refractivity contribution in [3.63, 3.8) is 0 Å². The smallest absolute Gasteiger partial charge is 0.250 e. The fraction of sp³-hybridized carbons (Fsp3) is 0.259. The van der Waals surface area contributed by atoms with E-state index in [2.05, 4.69) is 4.90 Å². The van der Waals surface area contributed by atoms with Gasteiger partial charge in [-0.1, -0.05) is 35.3 Å². The molecule has 1 aromatic heterocycles. The average Bonchev–Trinajstić information content (AvgIpc) is 3.14. The zero-order chi connectivity index (χ0) is 24.3. The van der Waals surface area contributed by atoms with Gasteiger partial charge in [0.15, 0.2) is 5.76 Å². The molecule has 178 valence electrons. The number of aromatic nitrogens is 1. The van der Waals surface area contributed by atoms with Crippen LogP contribution in [0.4, 0.5) is 0 Å². The average molecular weight is 509 g/mol. The van der Waals surface area contributed by atoms with Crippen LogP contribution >= 0.6 is 23.2 Å². The van der Waals surface area contributed by atoms with Crippen molar-refractivity contribution in [3.8, 4) is 11.5 Å². The van der Waals surface area contributed by atoms with Crippen LogP contribution in [0.1, 0.15) is 39.5 Å². The normalized spacial score (nSPS) is 22.1. The van der Waals surface area contributed by atoms with E-state index in [4.69, 9.17) is 27.9 Å². The summed E-state index contributed by atoms with van der Waals surface area (Å²) in [5, 5.41) is 11.5. The number of carbonyl (C=O) groups excluding carboxylic acids is 1. The number of halogens is 2. The molecule has 3 aliphatic rings. The minimum absolute atomic E-state index is 0.0531. The summed E-state index contributed by atoms with van der Waals surface area (Å²) in [7, 11) is 0. The first-order valence-electron chi connectivity index (χ1n) is 11.5. The molecule has 0 aliphatic carbocycles. The summed E-state index contributed by atoms with van der Waals surface area (Å²) in [5.74, 6) is 1.04. The van der Waals surface area contributed by atoms with Crippen molar-refractivity contribution < 1.29 is 14.6 Å². The third-order valence-electron chi connectivity index (χ3n) is 7.09. The van der Waals surface area contributed by atoms with Gasteiger partial charge in [0.25, 0.3) is 5.56 Å². The van der Waals surface area contributed by atoms with Gasteiger partial charge in [0, 0.05) is 43.9 Å². The number of piperidine rings is 1. The highest BCUT2D eigenvalue weighted by Crippen LogP contribution is 2.42. The van der Waals surface area contributed by atoms with E-state index < -0.39 is 0 Å². The van der Waals surface area contributed by atoms with Gasteiger partial charge >= 0.3 is 0 Å². The zero-order valence-corrected chi connectivity index (χ0v) is 20.2. The second-order valence-corrected chi connectivity index (χ2v) is 10.3. The Kier molecular flexibility index (Phi) is 5.48. The van der Waals surface area contributed by atoms with Crippen LogP contribution < -0.4 is 10.3 Å². The number of hydrogen-bond acceptors (Lipinski definition) is 5. The van der Waals surface area contributed by atoms with Gasteiger partial charge in [-0.15, -0.1) is 0 Å². The molecule has 8 heteroatoms. The molecule has 0 spiro atoms. The Morgan fingerprint density at radius 2 is 1.89 bits per heavy atom. The van der Waals surface area contributed by atoms with Crippen LogP contribution in [0.25, 0.3) is 6.08 Å². The minimum atomic E-state index is -0.240. The molecule has 0 amide bonds. The van der Waals surface area contributed by atoms with Crippen LogP contribution in [0.15, 0.2) is 59.1 Å². The maximum atomic E-state index is 13.1. The number of allylic oxidation sites excluding steroid dienone is 1. The van der Waals surface area contributed by atoms with Gasteiger partial charge in [-0.05, 0) is 54.3 Å². The molecule has 4 heterocycles. The number of phenols is 1. The zero-order valence-electron chi connectivity index (χ0n) is 18.7. The molecule has 6 nitrogen and oxygen atoms in total. The fourth-order valence-corrected chi connectivity index (χ4v) is 5.86. The van der Waals surface area contributed by atoms with Gasteiger partial charge in [0.05, 0.1) is 21.2 Å². The number of fused-ring (bicyclic) bond motifs is 5. The number of nitrogens with zero attached hydrogens (tertiary/aromatic N) is 2. The summed E-state index contributed by atoms with van der Waals surface area (Å²) in [6.07, 6.45) is 2.68. The van der Waals surface area contributed by atoms with E-state index in [1.807, 2.05) is 16.7 Å². The number of aromatic hydroxyl groups is 1. The van der Waals surface area contributed by atoms with Gasteiger partial charge in [0.2, 0.25) is 5.78 Å². The Morgan fingerprint density at radius 1 is 1.03 bits per heavy atom. The molecule has 0 radical (unpaired) electrons. The maximum Gasteiger partial charge on any atom is 0.250 e. The molecule has 3 aliphatic heterocycles. The largest absolute Gasteiger partial charge is 0.507 e. The van der Waals surface area contributed by atoms with Crippen molar-refractivity contribution in [3.05, 3.63) is 97.1 Å². The molecule has 1 saturated heterocycles. The van der Waals surface area contributed by atoms with Crippen molar-refractivity contribution in [2.45, 2.75) is 25.4 Å². The molecule has 6 rings (SSSR count). The Morgan fingerprint density at radius 3 is 2.71 bits per heavy atom. The number of carbonyl (C=O) groups is 1. The topological polar surface area (TPSA) is 71.8 Å². The van der Waals surface area contributed by atoms with Crippen molar-refractivity contribution in [1.82, 2.24) is 9.47 Å². The lowest BCUT2D eigenvalue weighted by Gasteiger charge is -2.42. The Hall–Kier alpha value is -3.06. The molecule has 0 saturated carbocycles. The van der Waals surface area contributed by atoms with E-state index in [9.17, 15) is 14.7 Å². The predicted octanol–water partition coefficient (Wildman–Crippen LogP) is 5.10. The third-order valence-corrected chi connectivity index (χ3v) is 7.83. The van der Waals surface area contributed by atoms with E-state index in [1.165, 1.54) is 0 Å². The van der Waals surface area contributed by atoms with Crippen molar-refractivity contribution in [1.29, 1.82) is 0 Å². The minimum Gasteiger partial charge on any atom is -0.507 e. The van der Waals surface area contributed by atoms with E-state index in [0.29, 0.717) is 51.5 Å². The second-order valence-electron chi connectivity index (χ2n) is 9.45. The molecular weight excluding hydrogens is 487 g/mol. The number of ether oxygens (including phenoxy) is 1. The van der Waals surface area contributed by atoms with Crippen LogP contribution in [-0.2, 0) is 13.1 Å². The second kappa shape index (κ2) is 8.55. The number of pyridine rings is 1. The van der Waals surface area contributed by atoms with Crippen LogP contribution in [0.3, 0.4) is 0 Å². The molecule has 3 aromatic rings. The van der Waals surface area contributed by atoms with Crippen LogP contribution in [0, 0.1) is 5.92 Å². The van der Waals surface area contributed by atoms with Crippen molar-refractivity contribution in [2.24, 2.45) is 5.92 Å². The number of Topliss-reactive ketones (excluding diaryl/α,β-unsaturated/α-hetero) is 1. The highest BCUT2D eigenvalue weighted by atomic mass is 35.5. The number of likely N-dealkylation sites (tertiary alicyclic amines) is 1. The highest BCUT2D eigenvalue weighted by Gasteiger charge is 2.36. The van der Waals surface area contributed by atoms with Gasteiger partial charge in [-0.2, -0.15) is 0 Å². The first kappa shape index (κ1) is 22.4. The number of rotatable bonds is 3. The molecule has 35 heavy (non-hydrogen) atoms. The maximum absolute atomic E-state index is 13.1. The van der Waals surface area contributed by atoms with Crippen LogP contribution in [0.2, 0.25) is 10.0 Å². The molecule has 0 unspecified atom stereocenters. The SMILES string of the molecule is O=C1/C(=C/c2ccc(Cl)c(Cl)c2)Oc2c1ccc(O)c2CN1C[C@H]2C[C@@H](C1)c1cccc(=O)n1C2. The number of ketones is 1. The lowest BCUT2D eigenvalue weighted by atomic mass is 9.83. The molecular formula is C27H22Cl2N2O4. The summed E-state index contributed by atoms with van der Waals surface area (Å²) in [6, 6.07) is 13.7. The molecule has 2 atom stereocenters. The lowest BCUT2D eigenvalue weighted by Crippen LogP contribution is -2.46. The number of benzene rings is 2. The third kappa shape index (κ3) is 3.96. The molecule has 2 bridgehead atoms. The standard InChI is InChI=1S/C27H22Cl2N2O4/c28-20-6-4-15(9-21(20)29)10-24-26(34)18-5-7-23(32)19(27(18)35-24)14-30-11-16-8-17(13-30)22-2-1-3-25(33)31(22)12-16/h1-7,9-10,16-17,32H,8,11-14H2/b24-10-/t16-,17+/m1/s1. The van der Waals surface area contributed by atoms with E-state index in [1.54, 1.807) is 42.5 Å². The first-order chi connectivity index (χ1) is 16.9. The quantitative estimate of drug-likeness (QED) is 0.498. The number of hydrogen-bond donors (Lipinski definition) is 1. The summed E-state index contributed by atoms with van der Waals surface area (Å²) in [4.78, 5) is 27.7.